The van der Waals surface area contributed by atoms with Gasteiger partial charge >= 0.3 is 0 Å². The molecule has 0 atom stereocenters. The molecule has 94 valence electrons. The maximum Gasteiger partial charge on any atom is 0.230 e. The summed E-state index contributed by atoms with van der Waals surface area (Å²) in [7, 11) is 0. The van der Waals surface area contributed by atoms with Gasteiger partial charge in [0.25, 0.3) is 0 Å². The van der Waals surface area contributed by atoms with Gasteiger partial charge in [-0.1, -0.05) is 50.8 Å². The van der Waals surface area contributed by atoms with Crippen molar-refractivity contribution < 1.29 is 9.59 Å². The normalized spacial score (nSPS) is 10.1. The molecule has 0 radical (unpaired) electrons. The van der Waals surface area contributed by atoms with E-state index in [1.54, 1.807) is 0 Å². The molecule has 16 heavy (non-hydrogen) atoms. The predicted molar refractivity (Wildman–Crippen MR) is 69.5 cm³/mol. The maximum absolute atomic E-state index is 11.2. The van der Waals surface area contributed by atoms with Crippen molar-refractivity contribution in [3.8, 4) is 0 Å². The molecule has 3 nitrogen and oxygen atoms in total. The fourth-order valence-electron chi connectivity index (χ4n) is 1.35. The lowest BCUT2D eigenvalue weighted by molar-refractivity contribution is -0.118. The van der Waals surface area contributed by atoms with Crippen LogP contribution in [0, 0.1) is 0 Å². The molecule has 0 saturated carbocycles. The zero-order valence-electron chi connectivity index (χ0n) is 10.4. The molecule has 1 amide bonds. The maximum atomic E-state index is 11.2. The molecule has 0 aliphatic heterocycles. The minimum absolute atomic E-state index is 0.00489. The number of unbranched alkanes of at least 4 members (excludes halogenated alkanes) is 5. The Balaban J connectivity index is 3.18. The number of hydrogen-bond acceptors (Lipinski definition) is 3. The number of amides is 1. The summed E-state index contributed by atoms with van der Waals surface area (Å²) in [5, 5.41) is 2.81. The molecule has 0 aromatic carbocycles. The van der Waals surface area contributed by atoms with Crippen LogP contribution < -0.4 is 5.32 Å². The van der Waals surface area contributed by atoms with Gasteiger partial charge in [-0.15, -0.1) is 0 Å². The number of carbonyl (C=O) groups is 2. The van der Waals surface area contributed by atoms with Gasteiger partial charge in [-0.05, 0) is 6.42 Å². The molecule has 0 rings (SSSR count). The van der Waals surface area contributed by atoms with Crippen molar-refractivity contribution in [2.45, 2.75) is 52.4 Å². The highest BCUT2D eigenvalue weighted by Gasteiger charge is 2.02. The summed E-state index contributed by atoms with van der Waals surface area (Å²) in [6.45, 7) is 4.42. The minimum Gasteiger partial charge on any atom is -0.355 e. The third-order valence-corrected chi connectivity index (χ3v) is 3.07. The summed E-state index contributed by atoms with van der Waals surface area (Å²) in [5.41, 5.74) is 0. The van der Waals surface area contributed by atoms with Crippen LogP contribution in [0.4, 0.5) is 0 Å². The molecule has 0 bridgehead atoms. The third kappa shape index (κ3) is 11.6. The first-order valence-electron chi connectivity index (χ1n) is 6.07. The van der Waals surface area contributed by atoms with Gasteiger partial charge in [-0.2, -0.15) is 0 Å². The van der Waals surface area contributed by atoms with Gasteiger partial charge in [0.2, 0.25) is 5.91 Å². The van der Waals surface area contributed by atoms with Crippen molar-refractivity contribution in [3.05, 3.63) is 0 Å². The average molecular weight is 245 g/mol. The summed E-state index contributed by atoms with van der Waals surface area (Å²) in [4.78, 5) is 21.8. The highest BCUT2D eigenvalue weighted by atomic mass is 32.2. The van der Waals surface area contributed by atoms with Crippen molar-refractivity contribution in [2.75, 3.05) is 12.3 Å². The van der Waals surface area contributed by atoms with Crippen LogP contribution in [0.3, 0.4) is 0 Å². The second-order valence-corrected chi connectivity index (χ2v) is 5.05. The van der Waals surface area contributed by atoms with Crippen LogP contribution >= 0.6 is 11.8 Å². The van der Waals surface area contributed by atoms with Crippen LogP contribution in [0.25, 0.3) is 0 Å². The first-order valence-corrected chi connectivity index (χ1v) is 7.05. The lowest BCUT2D eigenvalue weighted by Crippen LogP contribution is -2.26. The van der Waals surface area contributed by atoms with E-state index in [9.17, 15) is 9.59 Å². The van der Waals surface area contributed by atoms with Crippen LogP contribution in [-0.4, -0.2) is 23.3 Å². The highest BCUT2D eigenvalue weighted by molar-refractivity contribution is 8.14. The molecule has 0 aromatic heterocycles. The van der Waals surface area contributed by atoms with Gasteiger partial charge in [0.15, 0.2) is 5.12 Å². The van der Waals surface area contributed by atoms with Crippen LogP contribution in [0.2, 0.25) is 0 Å². The molecule has 0 saturated heterocycles. The van der Waals surface area contributed by atoms with E-state index >= 15 is 0 Å². The predicted octanol–water partition coefficient (Wildman–Crippen LogP) is 2.74. The van der Waals surface area contributed by atoms with Crippen molar-refractivity contribution in [2.24, 2.45) is 0 Å². The quantitative estimate of drug-likeness (QED) is 0.635. The zero-order chi connectivity index (χ0) is 12.2. The van der Waals surface area contributed by atoms with Crippen LogP contribution in [0.5, 0.6) is 0 Å². The van der Waals surface area contributed by atoms with E-state index in [0.29, 0.717) is 0 Å². The average Bonchev–Trinajstić information content (AvgIpc) is 2.25. The Hall–Kier alpha value is -0.510. The van der Waals surface area contributed by atoms with E-state index in [-0.39, 0.29) is 16.8 Å². The van der Waals surface area contributed by atoms with Gasteiger partial charge < -0.3 is 5.32 Å². The van der Waals surface area contributed by atoms with Crippen LogP contribution in [-0.2, 0) is 9.59 Å². The van der Waals surface area contributed by atoms with E-state index < -0.39 is 0 Å². The third-order valence-electron chi connectivity index (χ3n) is 2.26. The van der Waals surface area contributed by atoms with E-state index in [1.165, 1.54) is 39.0 Å². The standard InChI is InChI=1S/C12H23NO2S/c1-3-4-5-6-7-8-9-13-12(15)10-16-11(2)14/h3-10H2,1-2H3,(H,13,15). The summed E-state index contributed by atoms with van der Waals surface area (Å²) in [6.07, 6.45) is 7.34. The molecular weight excluding hydrogens is 222 g/mol. The molecule has 0 heterocycles. The van der Waals surface area contributed by atoms with Gasteiger partial charge in [-0.3, -0.25) is 9.59 Å². The number of thioether (sulfide) groups is 1. The van der Waals surface area contributed by atoms with Gasteiger partial charge in [0, 0.05) is 13.5 Å². The topological polar surface area (TPSA) is 46.2 Å². The van der Waals surface area contributed by atoms with Crippen molar-refractivity contribution in [1.82, 2.24) is 5.32 Å². The molecule has 0 aromatic rings. The van der Waals surface area contributed by atoms with Gasteiger partial charge in [0.1, 0.15) is 0 Å². The summed E-state index contributed by atoms with van der Waals surface area (Å²) >= 11 is 1.06. The Kier molecular flexibility index (Phi) is 10.6. The van der Waals surface area contributed by atoms with E-state index in [2.05, 4.69) is 12.2 Å². The van der Waals surface area contributed by atoms with Crippen molar-refractivity contribution in [1.29, 1.82) is 0 Å². The van der Waals surface area contributed by atoms with E-state index in [4.69, 9.17) is 0 Å². The fourth-order valence-corrected chi connectivity index (χ4v) is 1.79. The Morgan fingerprint density at radius 2 is 1.69 bits per heavy atom. The Morgan fingerprint density at radius 1 is 1.06 bits per heavy atom. The van der Waals surface area contributed by atoms with Crippen LogP contribution in [0.1, 0.15) is 52.4 Å². The molecule has 1 N–H and O–H groups in total. The zero-order valence-corrected chi connectivity index (χ0v) is 11.2. The summed E-state index contributed by atoms with van der Waals surface area (Å²) in [5.74, 6) is 0.222. The first kappa shape index (κ1) is 15.5. The van der Waals surface area contributed by atoms with Gasteiger partial charge in [-0.25, -0.2) is 0 Å². The smallest absolute Gasteiger partial charge is 0.230 e. The van der Waals surface area contributed by atoms with Crippen molar-refractivity contribution >= 4 is 22.8 Å². The number of rotatable bonds is 9. The summed E-state index contributed by atoms with van der Waals surface area (Å²) < 4.78 is 0. The van der Waals surface area contributed by atoms with Gasteiger partial charge in [0.05, 0.1) is 5.75 Å². The first-order chi connectivity index (χ1) is 7.66. The molecule has 0 fully saturated rings. The number of carbonyl (C=O) groups excluding carboxylic acids is 2. The molecular formula is C12H23NO2S. The van der Waals surface area contributed by atoms with Crippen LogP contribution in [0.15, 0.2) is 0 Å². The van der Waals surface area contributed by atoms with E-state index in [0.717, 1.165) is 24.7 Å². The van der Waals surface area contributed by atoms with Crippen molar-refractivity contribution in [3.63, 3.8) is 0 Å². The fraction of sp³-hybridized carbons (Fsp3) is 0.833. The monoisotopic (exact) mass is 245 g/mol. The highest BCUT2D eigenvalue weighted by Crippen LogP contribution is 2.04. The summed E-state index contributed by atoms with van der Waals surface area (Å²) in [6, 6.07) is 0. The van der Waals surface area contributed by atoms with E-state index in [1.807, 2.05) is 0 Å². The molecule has 0 aliphatic rings. The molecule has 4 heteroatoms. The Bertz CT molecular complexity index is 207. The number of hydrogen-bond donors (Lipinski definition) is 1. The lowest BCUT2D eigenvalue weighted by Gasteiger charge is -2.04. The lowest BCUT2D eigenvalue weighted by atomic mass is 10.1. The second kappa shape index (κ2) is 11.0. The Morgan fingerprint density at radius 3 is 2.31 bits per heavy atom. The minimum atomic E-state index is -0.0336. The second-order valence-electron chi connectivity index (χ2n) is 3.90. The molecule has 0 unspecified atom stereocenters. The largest absolute Gasteiger partial charge is 0.355 e. The number of nitrogens with one attached hydrogen (secondary N) is 1. The Labute approximate surface area is 103 Å². The SMILES string of the molecule is CCCCCCCCNC(=O)CSC(C)=O. The molecule has 0 aliphatic carbocycles. The molecule has 0 spiro atoms.